The third kappa shape index (κ3) is 1.52. The molecule has 0 bridgehead atoms. The van der Waals surface area contributed by atoms with Crippen molar-refractivity contribution in [3.8, 4) is 0 Å². The molecule has 1 aliphatic heterocycles. The van der Waals surface area contributed by atoms with E-state index in [4.69, 9.17) is 5.73 Å². The number of rotatable bonds is 1. The van der Waals surface area contributed by atoms with E-state index >= 15 is 0 Å². The first-order valence-electron chi connectivity index (χ1n) is 4.74. The highest BCUT2D eigenvalue weighted by Gasteiger charge is 2.11. The summed E-state index contributed by atoms with van der Waals surface area (Å²) in [5.74, 6) is 1.06. The molecule has 0 unspecified atom stereocenters. The number of aromatic nitrogens is 1. The van der Waals surface area contributed by atoms with E-state index in [1.54, 1.807) is 0 Å². The summed E-state index contributed by atoms with van der Waals surface area (Å²) < 4.78 is 0. The van der Waals surface area contributed by atoms with Crippen LogP contribution in [-0.2, 0) is 13.0 Å². The molecule has 0 spiro atoms. The fraction of sp³-hybridized carbons (Fsp3) is 0.500. The van der Waals surface area contributed by atoms with Gasteiger partial charge in [0.2, 0.25) is 0 Å². The second-order valence-electron chi connectivity index (χ2n) is 3.48. The van der Waals surface area contributed by atoms with Crippen molar-refractivity contribution in [2.45, 2.75) is 26.3 Å². The fourth-order valence-electron chi connectivity index (χ4n) is 1.73. The van der Waals surface area contributed by atoms with Gasteiger partial charge in [-0.05, 0) is 37.0 Å². The maximum Gasteiger partial charge on any atom is 0.129 e. The van der Waals surface area contributed by atoms with Gasteiger partial charge in [-0.1, -0.05) is 0 Å². The van der Waals surface area contributed by atoms with E-state index in [9.17, 15) is 0 Å². The van der Waals surface area contributed by atoms with Crippen molar-refractivity contribution in [2.75, 3.05) is 11.9 Å². The van der Waals surface area contributed by atoms with E-state index in [0.717, 1.165) is 24.5 Å². The van der Waals surface area contributed by atoms with Gasteiger partial charge in [0, 0.05) is 18.8 Å². The van der Waals surface area contributed by atoms with E-state index in [-0.39, 0.29) is 0 Å². The molecule has 0 aliphatic carbocycles. The molecular formula is C10H15N3. The van der Waals surface area contributed by atoms with E-state index in [1.165, 1.54) is 17.5 Å². The predicted octanol–water partition coefficient (Wildman–Crippen LogP) is 1.21. The normalized spacial score (nSPS) is 14.9. The van der Waals surface area contributed by atoms with E-state index < -0.39 is 0 Å². The Hall–Kier alpha value is -1.09. The lowest BCUT2D eigenvalue weighted by atomic mass is 10.0. The molecule has 0 atom stereocenters. The van der Waals surface area contributed by atoms with Gasteiger partial charge in [0.05, 0.1) is 0 Å². The molecule has 2 heterocycles. The largest absolute Gasteiger partial charge is 0.370 e. The highest BCUT2D eigenvalue weighted by atomic mass is 15.0. The third-order valence-electron chi connectivity index (χ3n) is 2.53. The Kier molecular flexibility index (Phi) is 2.19. The van der Waals surface area contributed by atoms with Crippen LogP contribution in [-0.4, -0.2) is 11.5 Å². The van der Waals surface area contributed by atoms with Crippen molar-refractivity contribution >= 4 is 5.82 Å². The Bertz CT molecular complexity index is 320. The van der Waals surface area contributed by atoms with Gasteiger partial charge >= 0.3 is 0 Å². The average molecular weight is 177 g/mol. The van der Waals surface area contributed by atoms with Gasteiger partial charge in [-0.15, -0.1) is 0 Å². The maximum absolute atomic E-state index is 5.62. The van der Waals surface area contributed by atoms with E-state index in [0.29, 0.717) is 6.54 Å². The molecule has 3 N–H and O–H groups in total. The van der Waals surface area contributed by atoms with Gasteiger partial charge in [0.25, 0.3) is 0 Å². The van der Waals surface area contributed by atoms with E-state index in [2.05, 4.69) is 16.4 Å². The molecule has 70 valence electrons. The zero-order chi connectivity index (χ0) is 9.26. The molecule has 1 aromatic heterocycles. The summed E-state index contributed by atoms with van der Waals surface area (Å²) in [6.07, 6.45) is 2.32. The van der Waals surface area contributed by atoms with Crippen LogP contribution in [0.1, 0.15) is 23.2 Å². The molecule has 13 heavy (non-hydrogen) atoms. The number of nitrogens with two attached hydrogens (primary N) is 1. The first-order chi connectivity index (χ1) is 6.31. The Morgan fingerprint density at radius 1 is 1.62 bits per heavy atom. The lowest BCUT2D eigenvalue weighted by Crippen LogP contribution is -2.15. The number of hydrogen-bond donors (Lipinski definition) is 2. The zero-order valence-electron chi connectivity index (χ0n) is 7.93. The molecule has 1 aliphatic rings. The van der Waals surface area contributed by atoms with Crippen LogP contribution in [0.5, 0.6) is 0 Å². The van der Waals surface area contributed by atoms with Crippen LogP contribution >= 0.6 is 0 Å². The van der Waals surface area contributed by atoms with Crippen molar-refractivity contribution in [3.05, 3.63) is 22.9 Å². The van der Waals surface area contributed by atoms with Crippen molar-refractivity contribution in [1.82, 2.24) is 4.98 Å². The number of pyridine rings is 1. The lowest BCUT2D eigenvalue weighted by molar-refractivity contribution is 0.808. The summed E-state index contributed by atoms with van der Waals surface area (Å²) in [5.41, 5.74) is 9.16. The Labute approximate surface area is 78.4 Å². The average Bonchev–Trinajstić information content (AvgIpc) is 2.17. The topological polar surface area (TPSA) is 50.9 Å². The summed E-state index contributed by atoms with van der Waals surface area (Å²) in [7, 11) is 0. The maximum atomic E-state index is 5.62. The Morgan fingerprint density at radius 3 is 3.23 bits per heavy atom. The van der Waals surface area contributed by atoms with Gasteiger partial charge in [-0.2, -0.15) is 0 Å². The van der Waals surface area contributed by atoms with Gasteiger partial charge in [-0.3, -0.25) is 0 Å². The number of fused-ring (bicyclic) bond motifs is 1. The minimum atomic E-state index is 0.589. The summed E-state index contributed by atoms with van der Waals surface area (Å²) in [6.45, 7) is 3.65. The van der Waals surface area contributed by atoms with E-state index in [1.807, 2.05) is 6.92 Å². The van der Waals surface area contributed by atoms with Crippen molar-refractivity contribution in [3.63, 3.8) is 0 Å². The Balaban J connectivity index is 2.44. The molecule has 0 saturated carbocycles. The Morgan fingerprint density at radius 2 is 2.46 bits per heavy atom. The van der Waals surface area contributed by atoms with Crippen molar-refractivity contribution < 1.29 is 0 Å². The van der Waals surface area contributed by atoms with Gasteiger partial charge < -0.3 is 11.1 Å². The summed E-state index contributed by atoms with van der Waals surface area (Å²) in [6, 6.07) is 2.18. The molecule has 0 saturated heterocycles. The lowest BCUT2D eigenvalue weighted by Gasteiger charge is -2.18. The van der Waals surface area contributed by atoms with Crippen LogP contribution in [0.15, 0.2) is 6.07 Å². The number of hydrogen-bond acceptors (Lipinski definition) is 3. The molecule has 3 nitrogen and oxygen atoms in total. The molecule has 2 rings (SSSR count). The molecule has 0 aromatic carbocycles. The molecule has 1 aromatic rings. The molecule has 0 radical (unpaired) electrons. The quantitative estimate of drug-likeness (QED) is 0.678. The van der Waals surface area contributed by atoms with Crippen LogP contribution in [0, 0.1) is 6.92 Å². The monoisotopic (exact) mass is 177 g/mol. The zero-order valence-corrected chi connectivity index (χ0v) is 7.93. The highest BCUT2D eigenvalue weighted by Crippen LogP contribution is 2.21. The fourth-order valence-corrected chi connectivity index (χ4v) is 1.73. The predicted molar refractivity (Wildman–Crippen MR) is 53.7 cm³/mol. The van der Waals surface area contributed by atoms with Crippen molar-refractivity contribution in [2.24, 2.45) is 5.73 Å². The third-order valence-corrected chi connectivity index (χ3v) is 2.53. The molecule has 0 fully saturated rings. The molecule has 0 amide bonds. The number of nitrogens with one attached hydrogen (secondary N) is 1. The molecular weight excluding hydrogens is 162 g/mol. The highest BCUT2D eigenvalue weighted by molar-refractivity contribution is 5.49. The number of anilines is 1. The van der Waals surface area contributed by atoms with Crippen LogP contribution in [0.3, 0.4) is 0 Å². The molecule has 3 heteroatoms. The number of nitrogens with zero attached hydrogens (tertiary/aromatic N) is 1. The van der Waals surface area contributed by atoms with Crippen molar-refractivity contribution in [1.29, 1.82) is 0 Å². The summed E-state index contributed by atoms with van der Waals surface area (Å²) in [4.78, 5) is 4.49. The minimum Gasteiger partial charge on any atom is -0.370 e. The summed E-state index contributed by atoms with van der Waals surface area (Å²) >= 11 is 0. The smallest absolute Gasteiger partial charge is 0.129 e. The van der Waals surface area contributed by atoms with Gasteiger partial charge in [-0.25, -0.2) is 4.98 Å². The van der Waals surface area contributed by atoms with Crippen LogP contribution in [0.4, 0.5) is 5.82 Å². The van der Waals surface area contributed by atoms with Crippen LogP contribution in [0.2, 0.25) is 0 Å². The standard InChI is InChI=1S/C10H15N3/c1-7-9(6-11)5-8-3-2-4-12-10(8)13-7/h5H,2-4,6,11H2,1H3,(H,12,13). The SMILES string of the molecule is Cc1nc2c(cc1CN)CCCN2. The van der Waals surface area contributed by atoms with Crippen LogP contribution in [0.25, 0.3) is 0 Å². The first-order valence-corrected chi connectivity index (χ1v) is 4.74. The number of aryl methyl sites for hydroxylation is 2. The second-order valence-corrected chi connectivity index (χ2v) is 3.48. The van der Waals surface area contributed by atoms with Crippen LogP contribution < -0.4 is 11.1 Å². The van der Waals surface area contributed by atoms with Gasteiger partial charge in [0.1, 0.15) is 5.82 Å². The van der Waals surface area contributed by atoms with Gasteiger partial charge in [0.15, 0.2) is 0 Å². The second kappa shape index (κ2) is 3.34. The minimum absolute atomic E-state index is 0.589. The first kappa shape index (κ1) is 8.51. The summed E-state index contributed by atoms with van der Waals surface area (Å²) in [5, 5.41) is 3.30.